The molecular weight excluding hydrogens is 247 g/mol. The Morgan fingerprint density at radius 3 is 2.68 bits per heavy atom. The number of nitrogens with two attached hydrogens (primary N) is 1. The van der Waals surface area contributed by atoms with E-state index in [0.717, 1.165) is 6.42 Å². The second-order valence-corrected chi connectivity index (χ2v) is 5.65. The number of hydrogen-bond acceptors (Lipinski definition) is 3. The largest absolute Gasteiger partial charge is 0.409 e. The van der Waals surface area contributed by atoms with Crippen LogP contribution in [0, 0.1) is 11.2 Å². The van der Waals surface area contributed by atoms with E-state index in [1.165, 1.54) is 12.1 Å². The van der Waals surface area contributed by atoms with Crippen molar-refractivity contribution in [3.05, 3.63) is 35.1 Å². The summed E-state index contributed by atoms with van der Waals surface area (Å²) in [4.78, 5) is 0. The normalized spacial score (nSPS) is 12.7. The summed E-state index contributed by atoms with van der Waals surface area (Å²) >= 11 is 0. The number of hydrogen-bond donors (Lipinski definition) is 2. The predicted molar refractivity (Wildman–Crippen MR) is 72.6 cm³/mol. The summed E-state index contributed by atoms with van der Waals surface area (Å²) in [6.07, 6.45) is 0.924. The lowest BCUT2D eigenvalue weighted by atomic mass is 9.93. The van der Waals surface area contributed by atoms with Gasteiger partial charge in [-0.2, -0.15) is 0 Å². The molecule has 0 spiro atoms. The molecule has 0 aliphatic rings. The molecule has 19 heavy (non-hydrogen) atoms. The predicted octanol–water partition coefficient (Wildman–Crippen LogP) is 2.87. The first kappa shape index (κ1) is 15.4. The van der Waals surface area contributed by atoms with Crippen LogP contribution < -0.4 is 5.73 Å². The summed E-state index contributed by atoms with van der Waals surface area (Å²) in [5.41, 5.74) is 6.78. The van der Waals surface area contributed by atoms with Gasteiger partial charge in [0.15, 0.2) is 5.84 Å². The van der Waals surface area contributed by atoms with Gasteiger partial charge in [0.25, 0.3) is 0 Å². The monoisotopic (exact) mass is 268 g/mol. The highest BCUT2D eigenvalue weighted by Gasteiger charge is 2.11. The molecule has 0 aliphatic heterocycles. The number of rotatable bonds is 5. The number of benzene rings is 1. The minimum absolute atomic E-state index is 0.117. The maximum Gasteiger partial charge on any atom is 0.170 e. The third-order valence-corrected chi connectivity index (χ3v) is 2.71. The highest BCUT2D eigenvalue weighted by molar-refractivity contribution is 5.98. The third kappa shape index (κ3) is 5.26. The van der Waals surface area contributed by atoms with Crippen LogP contribution >= 0.6 is 0 Å². The van der Waals surface area contributed by atoms with Crippen molar-refractivity contribution in [1.82, 2.24) is 0 Å². The molecule has 0 bridgehead atoms. The molecule has 1 rings (SSSR count). The summed E-state index contributed by atoms with van der Waals surface area (Å²) in [5, 5.41) is 11.6. The standard InChI is InChI=1S/C14H21FN2O2/c1-14(2,3)6-7-19-9-10-4-5-11(15)8-12(10)13(16)17-18/h4-5,8,18H,6-7,9H2,1-3H3,(H2,16,17). The lowest BCUT2D eigenvalue weighted by Crippen LogP contribution is -2.17. The average Bonchev–Trinajstić information content (AvgIpc) is 2.33. The highest BCUT2D eigenvalue weighted by atomic mass is 19.1. The summed E-state index contributed by atoms with van der Waals surface area (Å²) < 4.78 is 18.7. The zero-order valence-electron chi connectivity index (χ0n) is 11.6. The Morgan fingerprint density at radius 1 is 1.42 bits per heavy atom. The van der Waals surface area contributed by atoms with E-state index < -0.39 is 5.82 Å². The summed E-state index contributed by atoms with van der Waals surface area (Å²) in [5.74, 6) is -0.547. The fraction of sp³-hybridized carbons (Fsp3) is 0.500. The fourth-order valence-electron chi connectivity index (χ4n) is 1.53. The fourth-order valence-corrected chi connectivity index (χ4v) is 1.53. The third-order valence-electron chi connectivity index (χ3n) is 2.71. The zero-order valence-corrected chi connectivity index (χ0v) is 11.6. The molecule has 3 N–H and O–H groups in total. The molecular formula is C14H21FN2O2. The van der Waals surface area contributed by atoms with Crippen LogP contribution in [-0.2, 0) is 11.3 Å². The van der Waals surface area contributed by atoms with E-state index in [-0.39, 0.29) is 11.3 Å². The topological polar surface area (TPSA) is 67.8 Å². The van der Waals surface area contributed by atoms with E-state index in [0.29, 0.717) is 24.3 Å². The summed E-state index contributed by atoms with van der Waals surface area (Å²) in [6, 6.07) is 4.15. The van der Waals surface area contributed by atoms with Crippen LogP contribution in [0.2, 0.25) is 0 Å². The van der Waals surface area contributed by atoms with Gasteiger partial charge in [-0.25, -0.2) is 4.39 Å². The molecule has 106 valence electrons. The molecule has 4 nitrogen and oxygen atoms in total. The second-order valence-electron chi connectivity index (χ2n) is 5.65. The average molecular weight is 268 g/mol. The Morgan fingerprint density at radius 2 is 2.11 bits per heavy atom. The lowest BCUT2D eigenvalue weighted by Gasteiger charge is -2.18. The van der Waals surface area contributed by atoms with Crippen LogP contribution in [-0.4, -0.2) is 17.6 Å². The zero-order chi connectivity index (χ0) is 14.5. The molecule has 0 heterocycles. The number of oxime groups is 1. The van der Waals surface area contributed by atoms with Crippen LogP contribution in [0.4, 0.5) is 4.39 Å². The Labute approximate surface area is 113 Å². The minimum atomic E-state index is -0.431. The van der Waals surface area contributed by atoms with E-state index in [4.69, 9.17) is 15.7 Å². The molecule has 0 unspecified atom stereocenters. The van der Waals surface area contributed by atoms with Gasteiger partial charge in [0, 0.05) is 12.2 Å². The quantitative estimate of drug-likeness (QED) is 0.284. The first-order chi connectivity index (χ1) is 8.83. The van der Waals surface area contributed by atoms with Crippen molar-refractivity contribution >= 4 is 5.84 Å². The summed E-state index contributed by atoms with van der Waals surface area (Å²) in [7, 11) is 0. The van der Waals surface area contributed by atoms with Crippen molar-refractivity contribution in [1.29, 1.82) is 0 Å². The Balaban J connectivity index is 2.68. The van der Waals surface area contributed by atoms with Crippen LogP contribution in [0.5, 0.6) is 0 Å². The first-order valence-electron chi connectivity index (χ1n) is 6.17. The van der Waals surface area contributed by atoms with Crippen molar-refractivity contribution in [3.8, 4) is 0 Å². The van der Waals surface area contributed by atoms with E-state index in [1.54, 1.807) is 6.07 Å². The first-order valence-corrected chi connectivity index (χ1v) is 6.17. The van der Waals surface area contributed by atoms with Gasteiger partial charge in [0.1, 0.15) is 5.82 Å². The van der Waals surface area contributed by atoms with Gasteiger partial charge in [-0.15, -0.1) is 0 Å². The maximum atomic E-state index is 13.2. The SMILES string of the molecule is CC(C)(C)CCOCc1ccc(F)cc1C(N)=NO. The van der Waals surface area contributed by atoms with Gasteiger partial charge in [-0.05, 0) is 29.5 Å². The Kier molecular flexibility index (Phi) is 5.30. The van der Waals surface area contributed by atoms with Crippen LogP contribution in [0.15, 0.2) is 23.4 Å². The molecule has 0 radical (unpaired) electrons. The Bertz CT molecular complexity index is 453. The van der Waals surface area contributed by atoms with Gasteiger partial charge >= 0.3 is 0 Å². The molecule has 0 aromatic heterocycles. The smallest absolute Gasteiger partial charge is 0.170 e. The summed E-state index contributed by atoms with van der Waals surface area (Å²) in [6.45, 7) is 7.32. The van der Waals surface area contributed by atoms with Gasteiger partial charge in [0.2, 0.25) is 0 Å². The van der Waals surface area contributed by atoms with E-state index >= 15 is 0 Å². The van der Waals surface area contributed by atoms with Gasteiger partial charge in [-0.3, -0.25) is 0 Å². The molecule has 0 aliphatic carbocycles. The maximum absolute atomic E-state index is 13.2. The molecule has 0 saturated carbocycles. The number of halogens is 1. The minimum Gasteiger partial charge on any atom is -0.409 e. The molecule has 5 heteroatoms. The van der Waals surface area contributed by atoms with Crippen LogP contribution in [0.3, 0.4) is 0 Å². The molecule has 0 saturated heterocycles. The molecule has 1 aromatic carbocycles. The van der Waals surface area contributed by atoms with Crippen molar-refractivity contribution in [2.45, 2.75) is 33.8 Å². The van der Waals surface area contributed by atoms with E-state index in [1.807, 2.05) is 0 Å². The number of ether oxygens (including phenoxy) is 1. The molecule has 1 aromatic rings. The van der Waals surface area contributed by atoms with E-state index in [9.17, 15) is 4.39 Å². The molecule has 0 fully saturated rings. The van der Waals surface area contributed by atoms with Crippen LogP contribution in [0.1, 0.15) is 38.3 Å². The van der Waals surface area contributed by atoms with E-state index in [2.05, 4.69) is 25.9 Å². The van der Waals surface area contributed by atoms with Crippen LogP contribution in [0.25, 0.3) is 0 Å². The van der Waals surface area contributed by atoms with Crippen molar-refractivity contribution in [2.75, 3.05) is 6.61 Å². The number of nitrogens with zero attached hydrogens (tertiary/aromatic N) is 1. The molecule has 0 amide bonds. The van der Waals surface area contributed by atoms with Gasteiger partial charge < -0.3 is 15.7 Å². The van der Waals surface area contributed by atoms with Gasteiger partial charge in [0.05, 0.1) is 6.61 Å². The number of amidine groups is 1. The Hall–Kier alpha value is -1.62. The molecule has 0 atom stereocenters. The van der Waals surface area contributed by atoms with Gasteiger partial charge in [-0.1, -0.05) is 32.0 Å². The second kappa shape index (κ2) is 6.52. The van der Waals surface area contributed by atoms with Crippen molar-refractivity contribution < 1.29 is 14.3 Å². The van der Waals surface area contributed by atoms with Crippen molar-refractivity contribution in [2.24, 2.45) is 16.3 Å². The highest BCUT2D eigenvalue weighted by Crippen LogP contribution is 2.19. The van der Waals surface area contributed by atoms with Crippen molar-refractivity contribution in [3.63, 3.8) is 0 Å². The lowest BCUT2D eigenvalue weighted by molar-refractivity contribution is 0.0961.